The second-order valence-corrected chi connectivity index (χ2v) is 6.91. The van der Waals surface area contributed by atoms with E-state index < -0.39 is 0 Å². The highest BCUT2D eigenvalue weighted by atomic mass is 16.1. The van der Waals surface area contributed by atoms with Gasteiger partial charge in [0, 0.05) is 12.5 Å². The van der Waals surface area contributed by atoms with Crippen molar-refractivity contribution in [2.75, 3.05) is 6.54 Å². The molecule has 0 spiro atoms. The Kier molecular flexibility index (Phi) is 8.31. The van der Waals surface area contributed by atoms with Crippen LogP contribution in [-0.2, 0) is 4.79 Å². The Morgan fingerprint density at radius 1 is 1.21 bits per heavy atom. The second-order valence-electron chi connectivity index (χ2n) is 6.91. The van der Waals surface area contributed by atoms with E-state index in [1.807, 2.05) is 0 Å². The van der Waals surface area contributed by atoms with Crippen LogP contribution in [0, 0.1) is 17.3 Å². The standard InChI is InChI=1S/C16H34N2O/c1-12(2)16(5,6)10-9-13(3)14(4)18-15(19)8-7-11-17/h12-14H,7-11,17H2,1-6H3,(H,18,19). The summed E-state index contributed by atoms with van der Waals surface area (Å²) in [5.74, 6) is 1.34. The van der Waals surface area contributed by atoms with Crippen LogP contribution in [0.15, 0.2) is 0 Å². The lowest BCUT2D eigenvalue weighted by atomic mass is 9.75. The molecule has 0 bridgehead atoms. The number of amides is 1. The van der Waals surface area contributed by atoms with Crippen molar-refractivity contribution in [2.45, 2.75) is 73.3 Å². The molecule has 19 heavy (non-hydrogen) atoms. The molecule has 0 aliphatic rings. The normalized spacial score (nSPS) is 15.4. The summed E-state index contributed by atoms with van der Waals surface area (Å²) in [5.41, 5.74) is 5.78. The maximum Gasteiger partial charge on any atom is 0.220 e. The third-order valence-electron chi connectivity index (χ3n) is 4.66. The molecular formula is C16H34N2O. The van der Waals surface area contributed by atoms with Crippen LogP contribution in [0.2, 0.25) is 0 Å². The average Bonchev–Trinajstić information content (AvgIpc) is 2.33. The Morgan fingerprint density at radius 2 is 1.79 bits per heavy atom. The van der Waals surface area contributed by atoms with E-state index in [1.165, 1.54) is 6.42 Å². The molecule has 0 fully saturated rings. The Bertz CT molecular complexity index is 261. The van der Waals surface area contributed by atoms with E-state index in [0.717, 1.165) is 12.8 Å². The Hall–Kier alpha value is -0.570. The maximum atomic E-state index is 11.7. The highest BCUT2D eigenvalue weighted by Crippen LogP contribution is 2.33. The van der Waals surface area contributed by atoms with Gasteiger partial charge in [-0.3, -0.25) is 4.79 Å². The summed E-state index contributed by atoms with van der Waals surface area (Å²) in [6.07, 6.45) is 3.68. The first-order valence-corrected chi connectivity index (χ1v) is 7.70. The topological polar surface area (TPSA) is 55.1 Å². The van der Waals surface area contributed by atoms with Gasteiger partial charge < -0.3 is 11.1 Å². The van der Waals surface area contributed by atoms with Gasteiger partial charge in [-0.2, -0.15) is 0 Å². The third kappa shape index (κ3) is 7.56. The van der Waals surface area contributed by atoms with E-state index in [-0.39, 0.29) is 11.9 Å². The van der Waals surface area contributed by atoms with Gasteiger partial charge in [-0.25, -0.2) is 0 Å². The molecule has 3 nitrogen and oxygen atoms in total. The van der Waals surface area contributed by atoms with Crippen LogP contribution < -0.4 is 11.1 Å². The van der Waals surface area contributed by atoms with Crippen LogP contribution in [0.4, 0.5) is 0 Å². The fourth-order valence-electron chi connectivity index (χ4n) is 1.87. The van der Waals surface area contributed by atoms with Crippen LogP contribution in [0.25, 0.3) is 0 Å². The molecule has 0 aromatic rings. The first-order valence-electron chi connectivity index (χ1n) is 7.70. The Labute approximate surface area is 119 Å². The van der Waals surface area contributed by atoms with Crippen LogP contribution in [0.1, 0.15) is 67.2 Å². The second kappa shape index (κ2) is 8.57. The zero-order valence-electron chi connectivity index (χ0n) is 13.8. The highest BCUT2D eigenvalue weighted by molar-refractivity contribution is 5.76. The minimum Gasteiger partial charge on any atom is -0.353 e. The molecule has 0 saturated heterocycles. The van der Waals surface area contributed by atoms with Gasteiger partial charge in [0.25, 0.3) is 0 Å². The van der Waals surface area contributed by atoms with E-state index >= 15 is 0 Å². The molecule has 0 aliphatic heterocycles. The fraction of sp³-hybridized carbons (Fsp3) is 0.938. The summed E-state index contributed by atoms with van der Waals surface area (Å²) in [6.45, 7) is 14.1. The molecule has 0 aromatic heterocycles. The fourth-order valence-corrected chi connectivity index (χ4v) is 1.87. The molecule has 0 rings (SSSR count). The van der Waals surface area contributed by atoms with Crippen molar-refractivity contribution >= 4 is 5.91 Å². The van der Waals surface area contributed by atoms with Gasteiger partial charge in [-0.15, -0.1) is 0 Å². The number of carbonyl (C=O) groups is 1. The van der Waals surface area contributed by atoms with Gasteiger partial charge in [0.05, 0.1) is 0 Å². The number of nitrogens with two attached hydrogens (primary N) is 1. The number of rotatable bonds is 9. The largest absolute Gasteiger partial charge is 0.353 e. The number of nitrogens with one attached hydrogen (secondary N) is 1. The van der Waals surface area contributed by atoms with Gasteiger partial charge in [0.15, 0.2) is 0 Å². The number of hydrogen-bond acceptors (Lipinski definition) is 2. The first-order chi connectivity index (χ1) is 8.70. The monoisotopic (exact) mass is 270 g/mol. The first kappa shape index (κ1) is 18.4. The molecule has 0 saturated carbocycles. The minimum absolute atomic E-state index is 0.132. The summed E-state index contributed by atoms with van der Waals surface area (Å²) >= 11 is 0. The van der Waals surface area contributed by atoms with Crippen molar-refractivity contribution in [1.82, 2.24) is 5.32 Å². The molecule has 0 aliphatic carbocycles. The zero-order valence-corrected chi connectivity index (χ0v) is 13.8. The van der Waals surface area contributed by atoms with Crippen LogP contribution >= 0.6 is 0 Å². The molecule has 3 N–H and O–H groups in total. The van der Waals surface area contributed by atoms with Gasteiger partial charge in [-0.05, 0) is 50.0 Å². The molecule has 0 aromatic carbocycles. The minimum atomic E-state index is 0.132. The van der Waals surface area contributed by atoms with E-state index in [2.05, 4.69) is 46.9 Å². The SMILES string of the molecule is CC(CCC(C)(C)C(C)C)C(C)NC(=O)CCCN. The zero-order chi connectivity index (χ0) is 15.1. The summed E-state index contributed by atoms with van der Waals surface area (Å²) in [5, 5.41) is 3.09. The van der Waals surface area contributed by atoms with Gasteiger partial charge in [0.1, 0.15) is 0 Å². The number of carbonyl (C=O) groups excluding carboxylic acids is 1. The van der Waals surface area contributed by atoms with E-state index in [4.69, 9.17) is 5.73 Å². The summed E-state index contributed by atoms with van der Waals surface area (Å²) in [7, 11) is 0. The van der Waals surface area contributed by atoms with Crippen LogP contribution in [-0.4, -0.2) is 18.5 Å². The van der Waals surface area contributed by atoms with Crippen LogP contribution in [0.5, 0.6) is 0 Å². The molecule has 1 amide bonds. The van der Waals surface area contributed by atoms with Gasteiger partial charge in [0.2, 0.25) is 5.91 Å². The lowest BCUT2D eigenvalue weighted by Gasteiger charge is -2.31. The van der Waals surface area contributed by atoms with Crippen molar-refractivity contribution in [2.24, 2.45) is 23.0 Å². The molecule has 114 valence electrons. The van der Waals surface area contributed by atoms with Crippen molar-refractivity contribution in [3.05, 3.63) is 0 Å². The van der Waals surface area contributed by atoms with E-state index in [9.17, 15) is 4.79 Å². The van der Waals surface area contributed by atoms with E-state index in [0.29, 0.717) is 30.2 Å². The Balaban J connectivity index is 4.06. The third-order valence-corrected chi connectivity index (χ3v) is 4.66. The van der Waals surface area contributed by atoms with E-state index in [1.54, 1.807) is 0 Å². The summed E-state index contributed by atoms with van der Waals surface area (Å²) in [6, 6.07) is 0.244. The average molecular weight is 270 g/mol. The van der Waals surface area contributed by atoms with Crippen molar-refractivity contribution in [1.29, 1.82) is 0 Å². The Morgan fingerprint density at radius 3 is 2.26 bits per heavy atom. The van der Waals surface area contributed by atoms with Crippen molar-refractivity contribution < 1.29 is 4.79 Å². The predicted octanol–water partition coefficient (Wildman–Crippen LogP) is 3.33. The van der Waals surface area contributed by atoms with Crippen molar-refractivity contribution in [3.63, 3.8) is 0 Å². The molecular weight excluding hydrogens is 236 g/mol. The summed E-state index contributed by atoms with van der Waals surface area (Å²) < 4.78 is 0. The molecule has 3 heteroatoms. The highest BCUT2D eigenvalue weighted by Gasteiger charge is 2.24. The molecule has 2 unspecified atom stereocenters. The lowest BCUT2D eigenvalue weighted by molar-refractivity contribution is -0.122. The lowest BCUT2D eigenvalue weighted by Crippen LogP contribution is -2.37. The van der Waals surface area contributed by atoms with Crippen molar-refractivity contribution in [3.8, 4) is 0 Å². The number of hydrogen-bond donors (Lipinski definition) is 2. The molecule has 0 radical (unpaired) electrons. The van der Waals surface area contributed by atoms with Gasteiger partial charge in [-0.1, -0.05) is 34.6 Å². The predicted molar refractivity (Wildman–Crippen MR) is 82.9 cm³/mol. The molecule has 2 atom stereocenters. The van der Waals surface area contributed by atoms with Gasteiger partial charge >= 0.3 is 0 Å². The summed E-state index contributed by atoms with van der Waals surface area (Å²) in [4.78, 5) is 11.7. The maximum absolute atomic E-state index is 11.7. The smallest absolute Gasteiger partial charge is 0.220 e. The quantitative estimate of drug-likeness (QED) is 0.675. The van der Waals surface area contributed by atoms with Crippen LogP contribution in [0.3, 0.4) is 0 Å². The molecule has 0 heterocycles.